The number of amides is 1. The van der Waals surface area contributed by atoms with E-state index in [4.69, 9.17) is 4.74 Å². The molecule has 1 aromatic heterocycles. The summed E-state index contributed by atoms with van der Waals surface area (Å²) in [4.78, 5) is 32.2. The molecule has 2 aromatic carbocycles. The van der Waals surface area contributed by atoms with Crippen molar-refractivity contribution in [2.75, 3.05) is 11.5 Å². The number of pyridine rings is 1. The molecular weight excluding hydrogens is 416 g/mol. The van der Waals surface area contributed by atoms with Crippen LogP contribution in [-0.4, -0.2) is 28.4 Å². The molecule has 0 bridgehead atoms. The zero-order valence-corrected chi connectivity index (χ0v) is 18.9. The topological polar surface area (TPSA) is 79.7 Å². The first-order valence-corrected chi connectivity index (χ1v) is 11.0. The van der Waals surface area contributed by atoms with Gasteiger partial charge in [-0.05, 0) is 66.9 Å². The summed E-state index contributed by atoms with van der Waals surface area (Å²) in [5, 5.41) is 11.2. The van der Waals surface area contributed by atoms with Gasteiger partial charge < -0.3 is 9.84 Å². The molecule has 1 aliphatic heterocycles. The number of anilines is 1. The molecule has 6 nitrogen and oxygen atoms in total. The molecule has 33 heavy (non-hydrogen) atoms. The Morgan fingerprint density at radius 1 is 1.03 bits per heavy atom. The van der Waals surface area contributed by atoms with Gasteiger partial charge in [0.05, 0.1) is 17.9 Å². The number of hydrogen-bond acceptors (Lipinski definition) is 5. The zero-order chi connectivity index (χ0) is 23.5. The third-order valence-electron chi connectivity index (χ3n) is 5.69. The number of aromatic nitrogens is 1. The van der Waals surface area contributed by atoms with Crippen molar-refractivity contribution in [3.63, 3.8) is 0 Å². The lowest BCUT2D eigenvalue weighted by atomic mass is 9.98. The van der Waals surface area contributed by atoms with Gasteiger partial charge in [0.1, 0.15) is 17.6 Å². The van der Waals surface area contributed by atoms with Crippen molar-refractivity contribution in [3.05, 3.63) is 95.3 Å². The van der Waals surface area contributed by atoms with Crippen molar-refractivity contribution in [1.82, 2.24) is 4.98 Å². The van der Waals surface area contributed by atoms with Crippen LogP contribution < -0.4 is 9.64 Å². The molecule has 2 heterocycles. The molecule has 1 amide bonds. The maximum atomic E-state index is 13.2. The molecule has 1 unspecified atom stereocenters. The molecule has 0 radical (unpaired) electrons. The average Bonchev–Trinajstić information content (AvgIpc) is 3.10. The number of aliphatic hydroxyl groups is 1. The van der Waals surface area contributed by atoms with Crippen LogP contribution >= 0.6 is 0 Å². The lowest BCUT2D eigenvalue weighted by Gasteiger charge is -2.25. The highest BCUT2D eigenvalue weighted by molar-refractivity contribution is 6.51. The van der Waals surface area contributed by atoms with Gasteiger partial charge in [-0.2, -0.15) is 0 Å². The minimum Gasteiger partial charge on any atom is -0.507 e. The summed E-state index contributed by atoms with van der Waals surface area (Å²) < 4.78 is 5.46. The SMILES string of the molecule is CCOc1ccc(/C(O)=C2/C(=O)C(=O)N(c3ccc(C(C)C)cc3)C2c2ccccn2)cc1. The van der Waals surface area contributed by atoms with Crippen LogP contribution in [0.1, 0.15) is 49.6 Å². The fourth-order valence-electron chi connectivity index (χ4n) is 3.97. The van der Waals surface area contributed by atoms with Crippen molar-refractivity contribution in [2.24, 2.45) is 0 Å². The highest BCUT2D eigenvalue weighted by Crippen LogP contribution is 2.41. The lowest BCUT2D eigenvalue weighted by Crippen LogP contribution is -2.29. The first-order chi connectivity index (χ1) is 15.9. The minimum atomic E-state index is -0.845. The first kappa shape index (κ1) is 22.3. The number of rotatable bonds is 6. The maximum Gasteiger partial charge on any atom is 0.300 e. The maximum absolute atomic E-state index is 13.2. The van der Waals surface area contributed by atoms with Crippen LogP contribution in [0.5, 0.6) is 5.75 Å². The van der Waals surface area contributed by atoms with E-state index >= 15 is 0 Å². The Kier molecular flexibility index (Phi) is 6.27. The summed E-state index contributed by atoms with van der Waals surface area (Å²) in [7, 11) is 0. The van der Waals surface area contributed by atoms with E-state index < -0.39 is 17.7 Å². The largest absolute Gasteiger partial charge is 0.507 e. The van der Waals surface area contributed by atoms with E-state index in [9.17, 15) is 14.7 Å². The Hall–Kier alpha value is -3.93. The van der Waals surface area contributed by atoms with Crippen LogP contribution in [-0.2, 0) is 9.59 Å². The standard InChI is InChI=1S/C27H26N2O4/c1-4-33-21-14-10-19(11-15-21)25(30)23-24(22-7-5-6-16-28-22)29(27(32)26(23)31)20-12-8-18(9-13-20)17(2)3/h5-17,24,30H,4H2,1-3H3/b25-23-. The van der Waals surface area contributed by atoms with Crippen LogP contribution in [0, 0.1) is 0 Å². The summed E-state index contributed by atoms with van der Waals surface area (Å²) >= 11 is 0. The minimum absolute atomic E-state index is 0.01000. The highest BCUT2D eigenvalue weighted by atomic mass is 16.5. The van der Waals surface area contributed by atoms with Gasteiger partial charge in [-0.1, -0.05) is 32.0 Å². The van der Waals surface area contributed by atoms with Crippen LogP contribution in [0.25, 0.3) is 5.76 Å². The molecule has 1 fully saturated rings. The number of carbonyl (C=O) groups is 2. The van der Waals surface area contributed by atoms with Gasteiger partial charge in [-0.25, -0.2) is 0 Å². The molecule has 1 N–H and O–H groups in total. The molecule has 3 aromatic rings. The van der Waals surface area contributed by atoms with Crippen molar-refractivity contribution in [2.45, 2.75) is 32.7 Å². The number of benzene rings is 2. The summed E-state index contributed by atoms with van der Waals surface area (Å²) in [5.74, 6) is -0.699. The molecule has 168 valence electrons. The molecule has 0 saturated carbocycles. The summed E-state index contributed by atoms with van der Waals surface area (Å²) in [6.07, 6.45) is 1.61. The Morgan fingerprint density at radius 2 is 1.73 bits per heavy atom. The normalized spacial score (nSPS) is 17.6. The second kappa shape index (κ2) is 9.28. The fourth-order valence-corrected chi connectivity index (χ4v) is 3.97. The fraction of sp³-hybridized carbons (Fsp3) is 0.222. The third-order valence-corrected chi connectivity index (χ3v) is 5.69. The predicted octanol–water partition coefficient (Wildman–Crippen LogP) is 5.23. The second-order valence-electron chi connectivity index (χ2n) is 8.13. The van der Waals surface area contributed by atoms with Gasteiger partial charge in [-0.3, -0.25) is 19.5 Å². The van der Waals surface area contributed by atoms with E-state index in [2.05, 4.69) is 18.8 Å². The number of hydrogen-bond donors (Lipinski definition) is 1. The van der Waals surface area contributed by atoms with E-state index in [1.807, 2.05) is 31.2 Å². The van der Waals surface area contributed by atoms with Crippen LogP contribution in [0.15, 0.2) is 78.5 Å². The van der Waals surface area contributed by atoms with Gasteiger partial charge in [0, 0.05) is 17.4 Å². The Balaban J connectivity index is 1.84. The van der Waals surface area contributed by atoms with Crippen molar-refractivity contribution < 1.29 is 19.4 Å². The molecule has 0 spiro atoms. The van der Waals surface area contributed by atoms with Gasteiger partial charge in [0.2, 0.25) is 0 Å². The van der Waals surface area contributed by atoms with Gasteiger partial charge in [0.25, 0.3) is 11.7 Å². The summed E-state index contributed by atoms with van der Waals surface area (Å²) in [5.41, 5.74) is 2.63. The smallest absolute Gasteiger partial charge is 0.300 e. The molecule has 1 saturated heterocycles. The van der Waals surface area contributed by atoms with Crippen molar-refractivity contribution in [1.29, 1.82) is 0 Å². The van der Waals surface area contributed by atoms with Crippen LogP contribution in [0.3, 0.4) is 0 Å². The van der Waals surface area contributed by atoms with E-state index in [-0.39, 0.29) is 11.3 Å². The second-order valence-corrected chi connectivity index (χ2v) is 8.13. The monoisotopic (exact) mass is 442 g/mol. The predicted molar refractivity (Wildman–Crippen MR) is 127 cm³/mol. The Labute approximate surface area is 193 Å². The van der Waals surface area contributed by atoms with Crippen molar-refractivity contribution in [3.8, 4) is 5.75 Å². The number of nitrogens with zero attached hydrogens (tertiary/aromatic N) is 2. The lowest BCUT2D eigenvalue weighted by molar-refractivity contribution is -0.132. The van der Waals surface area contributed by atoms with E-state index in [1.54, 1.807) is 48.7 Å². The number of Topliss-reactive ketones (excluding diaryl/α,β-unsaturated/α-hetero) is 1. The quantitative estimate of drug-likeness (QED) is 0.321. The molecular formula is C27H26N2O4. The third kappa shape index (κ3) is 4.24. The van der Waals surface area contributed by atoms with E-state index in [0.29, 0.717) is 35.2 Å². The molecule has 1 atom stereocenters. The molecule has 0 aliphatic carbocycles. The number of aliphatic hydroxyl groups excluding tert-OH is 1. The van der Waals surface area contributed by atoms with Crippen LogP contribution in [0.4, 0.5) is 5.69 Å². The van der Waals surface area contributed by atoms with E-state index in [1.165, 1.54) is 4.90 Å². The Morgan fingerprint density at radius 3 is 2.30 bits per heavy atom. The van der Waals surface area contributed by atoms with Gasteiger partial charge in [0.15, 0.2) is 0 Å². The summed E-state index contributed by atoms with van der Waals surface area (Å²) in [6, 6.07) is 18.8. The van der Waals surface area contributed by atoms with Crippen LogP contribution in [0.2, 0.25) is 0 Å². The summed E-state index contributed by atoms with van der Waals surface area (Å²) in [6.45, 7) is 6.58. The van der Waals surface area contributed by atoms with Crippen molar-refractivity contribution >= 4 is 23.1 Å². The molecule has 4 rings (SSSR count). The number of ether oxygens (including phenoxy) is 1. The average molecular weight is 443 g/mol. The van der Waals surface area contributed by atoms with Gasteiger partial charge >= 0.3 is 0 Å². The number of ketones is 1. The van der Waals surface area contributed by atoms with E-state index in [0.717, 1.165) is 5.56 Å². The van der Waals surface area contributed by atoms with Gasteiger partial charge in [-0.15, -0.1) is 0 Å². The Bertz CT molecular complexity index is 1180. The highest BCUT2D eigenvalue weighted by Gasteiger charge is 2.47. The molecule has 6 heteroatoms. The molecule has 1 aliphatic rings. The number of carbonyl (C=O) groups excluding carboxylic acids is 2. The first-order valence-electron chi connectivity index (χ1n) is 11.0. The zero-order valence-electron chi connectivity index (χ0n) is 18.9.